The summed E-state index contributed by atoms with van der Waals surface area (Å²) in [5, 5.41) is 15.6. The summed E-state index contributed by atoms with van der Waals surface area (Å²) in [6, 6.07) is 7.58. The van der Waals surface area contributed by atoms with Crippen molar-refractivity contribution < 1.29 is 9.21 Å². The summed E-state index contributed by atoms with van der Waals surface area (Å²) in [5.74, 6) is 0.841. The van der Waals surface area contributed by atoms with Crippen molar-refractivity contribution in [2.24, 2.45) is 0 Å². The molecule has 0 spiro atoms. The second kappa shape index (κ2) is 8.75. The third-order valence-electron chi connectivity index (χ3n) is 4.73. The number of thiophene rings is 1. The summed E-state index contributed by atoms with van der Waals surface area (Å²) < 4.78 is 5.64. The number of nitrogens with zero attached hydrogens (tertiary/aromatic N) is 3. The van der Waals surface area contributed by atoms with Gasteiger partial charge < -0.3 is 14.6 Å². The zero-order valence-corrected chi connectivity index (χ0v) is 16.9. The van der Waals surface area contributed by atoms with Crippen molar-refractivity contribution in [1.29, 1.82) is 0 Å². The average molecular weight is 417 g/mol. The van der Waals surface area contributed by atoms with Crippen molar-refractivity contribution in [2.75, 3.05) is 23.3 Å². The van der Waals surface area contributed by atoms with E-state index < -0.39 is 0 Å². The first-order valence-electron chi connectivity index (χ1n) is 9.38. The number of nitrogens with one attached hydrogen (secondary N) is 1. The largest absolute Gasteiger partial charge is 0.421 e. The zero-order chi connectivity index (χ0) is 19.3. The van der Waals surface area contributed by atoms with Gasteiger partial charge in [-0.2, -0.15) is 11.3 Å². The first-order chi connectivity index (χ1) is 13.7. The van der Waals surface area contributed by atoms with Crippen LogP contribution >= 0.6 is 22.9 Å². The molecule has 1 aromatic carbocycles. The van der Waals surface area contributed by atoms with E-state index in [2.05, 4.69) is 20.4 Å². The Kier molecular flexibility index (Phi) is 5.92. The number of aromatic nitrogens is 2. The van der Waals surface area contributed by atoms with Crippen LogP contribution in [0.2, 0.25) is 5.02 Å². The summed E-state index contributed by atoms with van der Waals surface area (Å²) in [7, 11) is 0. The molecule has 2 aromatic heterocycles. The maximum absolute atomic E-state index is 12.5. The van der Waals surface area contributed by atoms with E-state index in [-0.39, 0.29) is 12.3 Å². The molecule has 3 aromatic rings. The van der Waals surface area contributed by atoms with Gasteiger partial charge in [-0.15, -0.1) is 10.2 Å². The highest BCUT2D eigenvalue weighted by Crippen LogP contribution is 2.31. The molecule has 146 valence electrons. The van der Waals surface area contributed by atoms with Crippen LogP contribution in [0.3, 0.4) is 0 Å². The maximum atomic E-state index is 12.5. The molecule has 4 rings (SSSR count). The van der Waals surface area contributed by atoms with Gasteiger partial charge in [0.25, 0.3) is 0 Å². The van der Waals surface area contributed by atoms with E-state index in [4.69, 9.17) is 16.0 Å². The lowest BCUT2D eigenvalue weighted by Crippen LogP contribution is -2.30. The highest BCUT2D eigenvalue weighted by atomic mass is 35.5. The second-order valence-corrected chi connectivity index (χ2v) is 7.99. The van der Waals surface area contributed by atoms with E-state index in [1.807, 2.05) is 35.0 Å². The SMILES string of the molecule is O=C(CCc1nnc(-c2ccsc2)o1)Nc1cc(Cl)ccc1N1CCCCC1. The smallest absolute Gasteiger partial charge is 0.248 e. The van der Waals surface area contributed by atoms with E-state index in [1.165, 1.54) is 19.3 Å². The van der Waals surface area contributed by atoms with Gasteiger partial charge in [0.05, 0.1) is 11.4 Å². The van der Waals surface area contributed by atoms with Gasteiger partial charge in [0, 0.05) is 41.9 Å². The molecule has 1 N–H and O–H groups in total. The first-order valence-corrected chi connectivity index (χ1v) is 10.7. The number of halogens is 1. The highest BCUT2D eigenvalue weighted by molar-refractivity contribution is 7.08. The molecule has 0 radical (unpaired) electrons. The molecule has 1 aliphatic rings. The van der Waals surface area contributed by atoms with E-state index in [0.717, 1.165) is 30.0 Å². The Morgan fingerprint density at radius 2 is 2.07 bits per heavy atom. The van der Waals surface area contributed by atoms with Crippen molar-refractivity contribution in [3.63, 3.8) is 0 Å². The standard InChI is InChI=1S/C20H21ClN4O2S/c21-15-4-5-17(25-9-2-1-3-10-25)16(12-15)22-18(26)6-7-19-23-24-20(27-19)14-8-11-28-13-14/h4-5,8,11-13H,1-3,6-7,9-10H2,(H,22,26). The summed E-state index contributed by atoms with van der Waals surface area (Å²) in [4.78, 5) is 14.8. The molecule has 0 bridgehead atoms. The Bertz CT molecular complexity index is 936. The van der Waals surface area contributed by atoms with E-state index >= 15 is 0 Å². The average Bonchev–Trinajstić information content (AvgIpc) is 3.39. The molecule has 8 heteroatoms. The van der Waals surface area contributed by atoms with Gasteiger partial charge in [0.15, 0.2) is 0 Å². The third-order valence-corrected chi connectivity index (χ3v) is 5.65. The van der Waals surface area contributed by atoms with Crippen LogP contribution in [0.5, 0.6) is 0 Å². The monoisotopic (exact) mass is 416 g/mol. The molecular formula is C20H21ClN4O2S. The molecule has 3 heterocycles. The highest BCUT2D eigenvalue weighted by Gasteiger charge is 2.17. The van der Waals surface area contributed by atoms with Gasteiger partial charge in [0.2, 0.25) is 17.7 Å². The van der Waals surface area contributed by atoms with Gasteiger partial charge in [0.1, 0.15) is 0 Å². The number of aryl methyl sites for hydroxylation is 1. The molecule has 1 amide bonds. The number of carbonyl (C=O) groups excluding carboxylic acids is 1. The topological polar surface area (TPSA) is 71.3 Å². The maximum Gasteiger partial charge on any atom is 0.248 e. The Morgan fingerprint density at radius 3 is 2.86 bits per heavy atom. The lowest BCUT2D eigenvalue weighted by molar-refractivity contribution is -0.116. The quantitative estimate of drug-likeness (QED) is 0.611. The number of amides is 1. The van der Waals surface area contributed by atoms with Crippen molar-refractivity contribution >= 4 is 40.2 Å². The predicted octanol–water partition coefficient (Wildman–Crippen LogP) is 5.01. The van der Waals surface area contributed by atoms with Crippen LogP contribution in [0.4, 0.5) is 11.4 Å². The van der Waals surface area contributed by atoms with Crippen LogP contribution in [-0.4, -0.2) is 29.2 Å². The van der Waals surface area contributed by atoms with Gasteiger partial charge in [-0.25, -0.2) is 0 Å². The predicted molar refractivity (Wildman–Crippen MR) is 112 cm³/mol. The minimum absolute atomic E-state index is 0.101. The van der Waals surface area contributed by atoms with Crippen molar-refractivity contribution in [2.45, 2.75) is 32.1 Å². The Hall–Kier alpha value is -2.38. The summed E-state index contributed by atoms with van der Waals surface area (Å²) >= 11 is 7.73. The third kappa shape index (κ3) is 4.54. The number of carbonyl (C=O) groups is 1. The van der Waals surface area contributed by atoms with Crippen LogP contribution in [-0.2, 0) is 11.2 Å². The summed E-state index contributed by atoms with van der Waals surface area (Å²) in [6.07, 6.45) is 4.24. The lowest BCUT2D eigenvalue weighted by Gasteiger charge is -2.30. The molecule has 6 nitrogen and oxygen atoms in total. The Morgan fingerprint density at radius 1 is 1.21 bits per heavy atom. The van der Waals surface area contributed by atoms with E-state index in [0.29, 0.717) is 23.2 Å². The Labute approximate surface area is 172 Å². The number of hydrogen-bond donors (Lipinski definition) is 1. The van der Waals surface area contributed by atoms with Crippen molar-refractivity contribution in [3.05, 3.63) is 45.9 Å². The number of rotatable bonds is 6. The number of benzene rings is 1. The molecule has 0 atom stereocenters. The van der Waals surface area contributed by atoms with Gasteiger partial charge in [-0.05, 0) is 48.9 Å². The summed E-state index contributed by atoms with van der Waals surface area (Å²) in [6.45, 7) is 2.00. The fourth-order valence-electron chi connectivity index (χ4n) is 3.31. The molecule has 1 fully saturated rings. The van der Waals surface area contributed by atoms with Crippen LogP contribution in [0, 0.1) is 0 Å². The molecule has 0 saturated carbocycles. The van der Waals surface area contributed by atoms with Crippen molar-refractivity contribution in [3.8, 4) is 11.5 Å². The summed E-state index contributed by atoms with van der Waals surface area (Å²) in [5.41, 5.74) is 2.68. The molecule has 28 heavy (non-hydrogen) atoms. The normalized spacial score (nSPS) is 14.2. The molecular weight excluding hydrogens is 396 g/mol. The van der Waals surface area contributed by atoms with Crippen LogP contribution in [0.15, 0.2) is 39.4 Å². The molecule has 0 unspecified atom stereocenters. The van der Waals surface area contributed by atoms with Gasteiger partial charge in [-0.1, -0.05) is 11.6 Å². The molecule has 1 saturated heterocycles. The number of anilines is 2. The Balaban J connectivity index is 1.39. The molecule has 0 aliphatic carbocycles. The van der Waals surface area contributed by atoms with E-state index in [9.17, 15) is 4.79 Å². The molecule has 1 aliphatic heterocycles. The minimum Gasteiger partial charge on any atom is -0.421 e. The van der Waals surface area contributed by atoms with Crippen LogP contribution in [0.1, 0.15) is 31.6 Å². The van der Waals surface area contributed by atoms with Crippen LogP contribution < -0.4 is 10.2 Å². The minimum atomic E-state index is -0.101. The van der Waals surface area contributed by atoms with Crippen molar-refractivity contribution in [1.82, 2.24) is 10.2 Å². The van der Waals surface area contributed by atoms with Gasteiger partial charge in [-0.3, -0.25) is 4.79 Å². The zero-order valence-electron chi connectivity index (χ0n) is 15.4. The van der Waals surface area contributed by atoms with E-state index in [1.54, 1.807) is 11.3 Å². The first kappa shape index (κ1) is 19.0. The number of piperidine rings is 1. The number of hydrogen-bond acceptors (Lipinski definition) is 6. The van der Waals surface area contributed by atoms with Gasteiger partial charge >= 0.3 is 0 Å². The lowest BCUT2D eigenvalue weighted by atomic mass is 10.1. The fourth-order valence-corrected chi connectivity index (χ4v) is 4.11. The fraction of sp³-hybridized carbons (Fsp3) is 0.350. The second-order valence-electron chi connectivity index (χ2n) is 6.77. The van der Waals surface area contributed by atoms with Crippen LogP contribution in [0.25, 0.3) is 11.5 Å².